The minimum Gasteiger partial charge on any atom is -0.454 e. The topological polar surface area (TPSA) is 58.4 Å². The molecule has 1 N–H and O–H groups in total. The van der Waals surface area contributed by atoms with E-state index in [-0.39, 0.29) is 11.9 Å². The molecule has 0 saturated carbocycles. The molecule has 126 valence electrons. The Balaban J connectivity index is 1.66. The van der Waals surface area contributed by atoms with Gasteiger partial charge in [-0.25, -0.2) is 4.98 Å². The number of hydrogen-bond donors (Lipinski definition) is 1. The number of nitrogens with zero attached hydrogens (tertiary/aromatic N) is 2. The first-order valence-corrected chi connectivity index (χ1v) is 8.80. The summed E-state index contributed by atoms with van der Waals surface area (Å²) in [6, 6.07) is 10.1. The normalized spacial score (nSPS) is 11.5. The van der Waals surface area contributed by atoms with Crippen LogP contribution in [0.3, 0.4) is 0 Å². The molecule has 5 nitrogen and oxygen atoms in total. The second-order valence-corrected chi connectivity index (χ2v) is 7.11. The smallest absolute Gasteiger partial charge is 0.234 e. The highest BCUT2D eigenvalue weighted by atomic mass is 32.1. The molecule has 0 spiro atoms. The first-order chi connectivity index (χ1) is 11.5. The van der Waals surface area contributed by atoms with Gasteiger partial charge in [0, 0.05) is 16.8 Å². The zero-order valence-corrected chi connectivity index (χ0v) is 14.9. The molecule has 2 heterocycles. The summed E-state index contributed by atoms with van der Waals surface area (Å²) in [7, 11) is 1.92. The molecule has 1 aromatic carbocycles. The van der Waals surface area contributed by atoms with E-state index in [0.717, 1.165) is 27.4 Å². The molecule has 0 saturated heterocycles. The lowest BCUT2D eigenvalue weighted by Gasteiger charge is -2.16. The molecule has 0 radical (unpaired) electrons. The zero-order valence-electron chi connectivity index (χ0n) is 14.1. The molecule has 0 aliphatic rings. The maximum absolute atomic E-state index is 11.8. The van der Waals surface area contributed by atoms with Crippen molar-refractivity contribution in [1.29, 1.82) is 0 Å². The van der Waals surface area contributed by atoms with Crippen LogP contribution in [-0.4, -0.2) is 35.4 Å². The number of carbonyl (C=O) groups is 1. The monoisotopic (exact) mass is 343 g/mol. The van der Waals surface area contributed by atoms with Crippen molar-refractivity contribution in [3.63, 3.8) is 0 Å². The van der Waals surface area contributed by atoms with Crippen LogP contribution in [0.5, 0.6) is 0 Å². The van der Waals surface area contributed by atoms with Crippen LogP contribution in [0.2, 0.25) is 0 Å². The molecule has 3 rings (SSSR count). The van der Waals surface area contributed by atoms with Gasteiger partial charge in [0.25, 0.3) is 0 Å². The van der Waals surface area contributed by atoms with Crippen molar-refractivity contribution in [2.75, 3.05) is 13.6 Å². The molecule has 24 heavy (non-hydrogen) atoms. The molecular formula is C18H21N3O2S. The third-order valence-corrected chi connectivity index (χ3v) is 4.33. The van der Waals surface area contributed by atoms with Crippen molar-refractivity contribution < 1.29 is 9.21 Å². The summed E-state index contributed by atoms with van der Waals surface area (Å²) < 4.78 is 5.85. The quantitative estimate of drug-likeness (QED) is 0.744. The summed E-state index contributed by atoms with van der Waals surface area (Å²) in [6.45, 7) is 4.91. The van der Waals surface area contributed by atoms with Gasteiger partial charge in [0.15, 0.2) is 5.76 Å². The number of amides is 1. The molecule has 1 amide bonds. The number of benzene rings is 1. The van der Waals surface area contributed by atoms with Crippen molar-refractivity contribution >= 4 is 28.2 Å². The van der Waals surface area contributed by atoms with Gasteiger partial charge in [-0.05, 0) is 33.0 Å². The molecule has 0 fully saturated rings. The first kappa shape index (κ1) is 16.7. The molecule has 2 aromatic heterocycles. The van der Waals surface area contributed by atoms with Crippen molar-refractivity contribution in [2.24, 2.45) is 0 Å². The Morgan fingerprint density at radius 1 is 1.38 bits per heavy atom. The van der Waals surface area contributed by atoms with E-state index in [1.807, 2.05) is 61.5 Å². The van der Waals surface area contributed by atoms with Gasteiger partial charge in [0.1, 0.15) is 16.3 Å². The molecule has 0 aliphatic carbocycles. The van der Waals surface area contributed by atoms with Gasteiger partial charge in [0.2, 0.25) is 5.91 Å². The van der Waals surface area contributed by atoms with Gasteiger partial charge >= 0.3 is 0 Å². The SMILES string of the molecule is CC(C)NC(=O)CN(C)Cc1nc(-c2cc3ccccc3o2)cs1. The lowest BCUT2D eigenvalue weighted by molar-refractivity contribution is -0.122. The number of carbonyl (C=O) groups excluding carboxylic acids is 1. The van der Waals surface area contributed by atoms with Gasteiger partial charge in [0.05, 0.1) is 13.1 Å². The minimum absolute atomic E-state index is 0.0292. The van der Waals surface area contributed by atoms with Crippen LogP contribution < -0.4 is 5.32 Å². The third-order valence-electron chi connectivity index (χ3n) is 3.50. The molecule has 6 heteroatoms. The van der Waals surface area contributed by atoms with Crippen molar-refractivity contribution in [1.82, 2.24) is 15.2 Å². The fraction of sp³-hybridized carbons (Fsp3) is 0.333. The Bertz CT molecular complexity index is 805. The number of likely N-dealkylation sites (N-methyl/N-ethyl adjacent to an activating group) is 1. The Labute approximate surface area is 145 Å². The van der Waals surface area contributed by atoms with Crippen molar-refractivity contribution in [3.05, 3.63) is 40.7 Å². The molecule has 3 aromatic rings. The molecule has 0 atom stereocenters. The maximum atomic E-state index is 11.8. The van der Waals surface area contributed by atoms with Gasteiger partial charge in [-0.15, -0.1) is 11.3 Å². The predicted molar refractivity (Wildman–Crippen MR) is 96.9 cm³/mol. The Morgan fingerprint density at radius 3 is 2.92 bits per heavy atom. The zero-order chi connectivity index (χ0) is 17.1. The number of nitrogens with one attached hydrogen (secondary N) is 1. The molecular weight excluding hydrogens is 322 g/mol. The van der Waals surface area contributed by atoms with Crippen LogP contribution in [0.1, 0.15) is 18.9 Å². The largest absolute Gasteiger partial charge is 0.454 e. The Kier molecular flexibility index (Phi) is 4.97. The van der Waals surface area contributed by atoms with E-state index >= 15 is 0 Å². The van der Waals surface area contributed by atoms with Crippen molar-refractivity contribution in [2.45, 2.75) is 26.4 Å². The third kappa shape index (κ3) is 4.01. The molecule has 0 bridgehead atoms. The first-order valence-electron chi connectivity index (χ1n) is 7.92. The van der Waals surface area contributed by atoms with Crippen molar-refractivity contribution in [3.8, 4) is 11.5 Å². The second-order valence-electron chi connectivity index (χ2n) is 6.17. The van der Waals surface area contributed by atoms with Gasteiger partial charge in [-0.1, -0.05) is 18.2 Å². The van der Waals surface area contributed by atoms with E-state index in [1.165, 1.54) is 0 Å². The highest BCUT2D eigenvalue weighted by Gasteiger charge is 2.13. The van der Waals surface area contributed by atoms with Crippen LogP contribution in [0.25, 0.3) is 22.4 Å². The average Bonchev–Trinajstić information content (AvgIpc) is 3.11. The summed E-state index contributed by atoms with van der Waals surface area (Å²) in [5.41, 5.74) is 1.70. The van der Waals surface area contributed by atoms with Crippen LogP contribution in [0.4, 0.5) is 0 Å². The van der Waals surface area contributed by atoms with E-state index in [9.17, 15) is 4.79 Å². The summed E-state index contributed by atoms with van der Waals surface area (Å²) >= 11 is 1.58. The Hall–Kier alpha value is -2.18. The lowest BCUT2D eigenvalue weighted by atomic mass is 10.2. The van der Waals surface area contributed by atoms with Crippen LogP contribution >= 0.6 is 11.3 Å². The number of aromatic nitrogens is 1. The van der Waals surface area contributed by atoms with E-state index in [4.69, 9.17) is 4.42 Å². The van der Waals surface area contributed by atoms with Gasteiger partial charge in [-0.3, -0.25) is 9.69 Å². The number of para-hydroxylation sites is 1. The summed E-state index contributed by atoms with van der Waals surface area (Å²) in [5, 5.41) is 6.92. The van der Waals surface area contributed by atoms with E-state index in [1.54, 1.807) is 11.3 Å². The number of furan rings is 1. The fourth-order valence-electron chi connectivity index (χ4n) is 2.50. The van der Waals surface area contributed by atoms with Crippen LogP contribution in [-0.2, 0) is 11.3 Å². The number of rotatable bonds is 6. The average molecular weight is 343 g/mol. The minimum atomic E-state index is 0.0292. The van der Waals surface area contributed by atoms with Gasteiger partial charge in [-0.2, -0.15) is 0 Å². The lowest BCUT2D eigenvalue weighted by Crippen LogP contribution is -2.38. The number of thiazole rings is 1. The van der Waals surface area contributed by atoms with Crippen LogP contribution in [0, 0.1) is 0 Å². The molecule has 0 aliphatic heterocycles. The van der Waals surface area contributed by atoms with Gasteiger partial charge < -0.3 is 9.73 Å². The van der Waals surface area contributed by atoms with Crippen LogP contribution in [0.15, 0.2) is 40.1 Å². The molecule has 0 unspecified atom stereocenters. The highest BCUT2D eigenvalue weighted by Crippen LogP contribution is 2.28. The number of fused-ring (bicyclic) bond motifs is 1. The Morgan fingerprint density at radius 2 is 2.17 bits per heavy atom. The number of hydrogen-bond acceptors (Lipinski definition) is 5. The summed E-state index contributed by atoms with van der Waals surface area (Å²) in [5.74, 6) is 0.806. The second kappa shape index (κ2) is 7.15. The highest BCUT2D eigenvalue weighted by molar-refractivity contribution is 7.09. The summed E-state index contributed by atoms with van der Waals surface area (Å²) in [6.07, 6.45) is 0. The maximum Gasteiger partial charge on any atom is 0.234 e. The fourth-order valence-corrected chi connectivity index (χ4v) is 3.37. The van der Waals surface area contributed by atoms with E-state index < -0.39 is 0 Å². The van der Waals surface area contributed by atoms with E-state index in [2.05, 4.69) is 10.3 Å². The standard InChI is InChI=1S/C18H21N3O2S/c1-12(2)19-17(22)9-21(3)10-18-20-14(11-24-18)16-8-13-6-4-5-7-15(13)23-16/h4-8,11-12H,9-10H2,1-3H3,(H,19,22). The van der Waals surface area contributed by atoms with E-state index in [0.29, 0.717) is 13.1 Å². The summed E-state index contributed by atoms with van der Waals surface area (Å²) in [4.78, 5) is 18.4. The predicted octanol–water partition coefficient (Wildman–Crippen LogP) is 3.51.